The van der Waals surface area contributed by atoms with Crippen LogP contribution in [-0.4, -0.2) is 80.3 Å². The second-order valence-electron chi connectivity index (χ2n) is 8.72. The van der Waals surface area contributed by atoms with Crippen LogP contribution in [0.15, 0.2) is 29.9 Å². The van der Waals surface area contributed by atoms with Gasteiger partial charge in [0.2, 0.25) is 5.91 Å². The van der Waals surface area contributed by atoms with Gasteiger partial charge >= 0.3 is 0 Å². The largest absolute Gasteiger partial charge is 0.507 e. The molecule has 3 rings (SSSR count). The number of carbonyl (C=O) groups excluding carboxylic acids is 3. The molecule has 1 heterocycles. The van der Waals surface area contributed by atoms with E-state index in [0.29, 0.717) is 0 Å². The molecule has 6 N–H and O–H groups in total. The van der Waals surface area contributed by atoms with Gasteiger partial charge < -0.3 is 40.3 Å². The number of ketones is 2. The Hall–Kier alpha value is -3.09. The highest BCUT2D eigenvalue weighted by Crippen LogP contribution is 2.42. The number of rotatable bonds is 7. The van der Waals surface area contributed by atoms with Crippen LogP contribution < -0.4 is 5.32 Å². The maximum atomic E-state index is 12.4. The van der Waals surface area contributed by atoms with Gasteiger partial charge in [0.25, 0.3) is 0 Å². The highest BCUT2D eigenvalue weighted by atomic mass is 16.7. The molecular weight excluding hydrogens is 462 g/mol. The molecule has 1 aliphatic carbocycles. The zero-order valence-corrected chi connectivity index (χ0v) is 19.5. The SMILES string of the molecule is CC(=O)N[C@H]1[C@H](O[C@H](CC=C(C)C)c2cc(O)c3c(c2O)C(=O)C=CC3=O)O[C@H](CO)[C@@H](O)[C@@H]1O. The van der Waals surface area contributed by atoms with Crippen molar-refractivity contribution in [3.63, 3.8) is 0 Å². The third-order valence-corrected chi connectivity index (χ3v) is 5.82. The number of amides is 1. The monoisotopic (exact) mass is 491 g/mol. The summed E-state index contributed by atoms with van der Waals surface area (Å²) in [6.45, 7) is 4.16. The van der Waals surface area contributed by atoms with Crippen molar-refractivity contribution in [2.45, 2.75) is 63.9 Å². The van der Waals surface area contributed by atoms with Crippen LogP contribution in [0.25, 0.3) is 0 Å². The van der Waals surface area contributed by atoms with Crippen LogP contribution in [-0.2, 0) is 14.3 Å². The Morgan fingerprint density at radius 2 is 1.74 bits per heavy atom. The predicted octanol–water partition coefficient (Wildman–Crippen LogP) is 0.391. The van der Waals surface area contributed by atoms with Gasteiger partial charge in [-0.1, -0.05) is 11.6 Å². The molecule has 0 spiro atoms. The van der Waals surface area contributed by atoms with E-state index < -0.39 is 72.3 Å². The van der Waals surface area contributed by atoms with Gasteiger partial charge in [-0.05, 0) is 38.5 Å². The molecule has 11 nitrogen and oxygen atoms in total. The van der Waals surface area contributed by atoms with Gasteiger partial charge in [0.05, 0.1) is 23.8 Å². The molecule has 11 heteroatoms. The molecule has 190 valence electrons. The van der Waals surface area contributed by atoms with Gasteiger partial charge in [-0.3, -0.25) is 14.4 Å². The van der Waals surface area contributed by atoms with Gasteiger partial charge in [-0.2, -0.15) is 0 Å². The van der Waals surface area contributed by atoms with Gasteiger partial charge in [-0.25, -0.2) is 0 Å². The van der Waals surface area contributed by atoms with E-state index in [1.54, 1.807) is 6.08 Å². The molecule has 6 atom stereocenters. The fourth-order valence-corrected chi connectivity index (χ4v) is 4.08. The minimum atomic E-state index is -1.56. The summed E-state index contributed by atoms with van der Waals surface area (Å²) in [7, 11) is 0. The number of aliphatic hydroxyl groups is 3. The van der Waals surface area contributed by atoms with Crippen LogP contribution in [0.3, 0.4) is 0 Å². The summed E-state index contributed by atoms with van der Waals surface area (Å²) in [5, 5.41) is 54.3. The predicted molar refractivity (Wildman–Crippen MR) is 121 cm³/mol. The zero-order valence-electron chi connectivity index (χ0n) is 19.5. The number of phenolic OH excluding ortho intramolecular Hbond substituents is 2. The van der Waals surface area contributed by atoms with E-state index in [4.69, 9.17) is 9.47 Å². The molecule has 35 heavy (non-hydrogen) atoms. The molecule has 0 saturated carbocycles. The van der Waals surface area contributed by atoms with Crippen LogP contribution in [0.4, 0.5) is 0 Å². The van der Waals surface area contributed by atoms with Crippen LogP contribution in [0, 0.1) is 0 Å². The van der Waals surface area contributed by atoms with Crippen molar-refractivity contribution in [2.24, 2.45) is 0 Å². The van der Waals surface area contributed by atoms with E-state index in [9.17, 15) is 39.9 Å². The lowest BCUT2D eigenvalue weighted by atomic mass is 9.88. The van der Waals surface area contributed by atoms with Gasteiger partial charge in [0.15, 0.2) is 17.9 Å². The lowest BCUT2D eigenvalue weighted by molar-refractivity contribution is -0.282. The summed E-state index contributed by atoms with van der Waals surface area (Å²) in [5.74, 6) is -2.98. The number of allylic oxidation sites excluding steroid dienone is 3. The molecule has 0 bridgehead atoms. The number of phenols is 2. The fraction of sp³-hybridized carbons (Fsp3) is 0.458. The Bertz CT molecular complexity index is 1070. The summed E-state index contributed by atoms with van der Waals surface area (Å²) >= 11 is 0. The topological polar surface area (TPSA) is 183 Å². The van der Waals surface area contributed by atoms with Gasteiger partial charge in [-0.15, -0.1) is 0 Å². The highest BCUT2D eigenvalue weighted by molar-refractivity contribution is 6.24. The number of hydrogen-bond acceptors (Lipinski definition) is 10. The molecule has 1 amide bonds. The Morgan fingerprint density at radius 1 is 1.11 bits per heavy atom. The Morgan fingerprint density at radius 3 is 2.31 bits per heavy atom. The summed E-state index contributed by atoms with van der Waals surface area (Å²) in [4.78, 5) is 36.4. The van der Waals surface area contributed by atoms with E-state index in [-0.39, 0.29) is 23.1 Å². The van der Waals surface area contributed by atoms with Crippen molar-refractivity contribution < 1.29 is 49.4 Å². The van der Waals surface area contributed by atoms with Gasteiger partial charge in [0.1, 0.15) is 35.9 Å². The lowest BCUT2D eigenvalue weighted by Crippen LogP contribution is -2.64. The Labute approximate surface area is 201 Å². The van der Waals surface area contributed by atoms with E-state index in [0.717, 1.165) is 23.8 Å². The number of carbonyl (C=O) groups is 3. The molecule has 0 aromatic heterocycles. The first-order valence-electron chi connectivity index (χ1n) is 11.0. The molecule has 1 aromatic carbocycles. The first-order chi connectivity index (χ1) is 16.5. The molecule has 1 aliphatic heterocycles. The van der Waals surface area contributed by atoms with Crippen molar-refractivity contribution in [3.8, 4) is 11.5 Å². The van der Waals surface area contributed by atoms with Crippen molar-refractivity contribution in [2.75, 3.05) is 6.61 Å². The summed E-state index contributed by atoms with van der Waals surface area (Å²) in [6.07, 6.45) is -2.99. The standard InChI is InChI=1S/C24H29NO10/c1-10(2)4-7-16(12-8-15(30)18-13(28)5-6-14(29)19(18)21(12)31)34-24-20(25-11(3)27)23(33)22(32)17(9-26)35-24/h4-6,8,16-17,20,22-24,26,30-33H,7,9H2,1-3H3,(H,25,27)/t16-,17-,20-,22-,23-,24-/m1/s1. The molecule has 0 radical (unpaired) electrons. The van der Waals surface area contributed by atoms with Crippen molar-refractivity contribution in [1.82, 2.24) is 5.32 Å². The average Bonchev–Trinajstić information content (AvgIpc) is 2.79. The lowest BCUT2D eigenvalue weighted by Gasteiger charge is -2.43. The second kappa shape index (κ2) is 10.7. The number of nitrogens with one attached hydrogen (secondary N) is 1. The maximum absolute atomic E-state index is 12.4. The summed E-state index contributed by atoms with van der Waals surface area (Å²) < 4.78 is 11.6. The van der Waals surface area contributed by atoms with Crippen LogP contribution in [0.5, 0.6) is 11.5 Å². The normalized spacial score (nSPS) is 26.7. The van der Waals surface area contributed by atoms with Gasteiger partial charge in [0, 0.05) is 12.5 Å². The van der Waals surface area contributed by atoms with Crippen LogP contribution in [0.1, 0.15) is 59.6 Å². The quantitative estimate of drug-likeness (QED) is 0.230. The Kier molecular flexibility index (Phi) is 8.08. The van der Waals surface area contributed by atoms with E-state index in [1.165, 1.54) is 6.92 Å². The van der Waals surface area contributed by atoms with Crippen LogP contribution in [0.2, 0.25) is 0 Å². The highest BCUT2D eigenvalue weighted by Gasteiger charge is 2.46. The first-order valence-corrected chi connectivity index (χ1v) is 11.0. The molecule has 0 unspecified atom stereocenters. The number of aliphatic hydroxyl groups excluding tert-OH is 3. The Balaban J connectivity index is 2.07. The minimum Gasteiger partial charge on any atom is -0.507 e. The molecule has 1 saturated heterocycles. The van der Waals surface area contributed by atoms with Crippen LogP contribution >= 0.6 is 0 Å². The smallest absolute Gasteiger partial charge is 0.217 e. The van der Waals surface area contributed by atoms with Crippen molar-refractivity contribution >= 4 is 17.5 Å². The number of benzene rings is 1. The molecule has 1 aromatic rings. The van der Waals surface area contributed by atoms with Crippen molar-refractivity contribution in [1.29, 1.82) is 0 Å². The summed E-state index contributed by atoms with van der Waals surface area (Å²) in [6, 6.07) is -0.147. The first kappa shape index (κ1) is 26.5. The number of ether oxygens (including phenoxy) is 2. The molecule has 1 fully saturated rings. The number of fused-ring (bicyclic) bond motifs is 1. The molecular formula is C24H29NO10. The second-order valence-corrected chi connectivity index (χ2v) is 8.72. The average molecular weight is 491 g/mol. The number of hydrogen-bond donors (Lipinski definition) is 6. The third kappa shape index (κ3) is 5.44. The minimum absolute atomic E-state index is 0.0402. The third-order valence-electron chi connectivity index (χ3n) is 5.82. The van der Waals surface area contributed by atoms with E-state index in [1.807, 2.05) is 13.8 Å². The maximum Gasteiger partial charge on any atom is 0.217 e. The molecule has 2 aliphatic rings. The zero-order chi connectivity index (χ0) is 26.0. The fourth-order valence-electron chi connectivity index (χ4n) is 4.08. The van der Waals surface area contributed by atoms with E-state index >= 15 is 0 Å². The number of aromatic hydroxyl groups is 2. The summed E-state index contributed by atoms with van der Waals surface area (Å²) in [5.41, 5.74) is 0.135. The van der Waals surface area contributed by atoms with Crippen molar-refractivity contribution in [3.05, 3.63) is 46.6 Å². The van der Waals surface area contributed by atoms with E-state index in [2.05, 4.69) is 5.32 Å².